The van der Waals surface area contributed by atoms with E-state index in [9.17, 15) is 14.4 Å². The molecular weight excluding hydrogens is 973 g/mol. The quantitative estimate of drug-likeness (QED) is 0.0261. The SMILES string of the molecule is CC/C=C\C/C=C\C/C=C\C/C=C\CCCCCCCCCCC(=O)OC(COC(=O)CCCCCC/C=C\C/C=C\C/C=C\C/C=C\CC)COC(=O)CCCCCCCCCCCCCCCCCCCCCCCCC. The summed E-state index contributed by atoms with van der Waals surface area (Å²) in [5.41, 5.74) is 0. The Morgan fingerprint density at radius 2 is 0.494 bits per heavy atom. The van der Waals surface area contributed by atoms with E-state index in [1.165, 1.54) is 161 Å². The van der Waals surface area contributed by atoms with Crippen LogP contribution in [0.5, 0.6) is 0 Å². The molecule has 1 unspecified atom stereocenters. The molecule has 0 aromatic rings. The van der Waals surface area contributed by atoms with Crippen molar-refractivity contribution in [2.45, 2.75) is 335 Å². The van der Waals surface area contributed by atoms with Crippen molar-refractivity contribution < 1.29 is 28.6 Å². The van der Waals surface area contributed by atoms with Gasteiger partial charge in [0, 0.05) is 19.3 Å². The van der Waals surface area contributed by atoms with Crippen molar-refractivity contribution in [1.29, 1.82) is 0 Å². The molecule has 0 saturated carbocycles. The van der Waals surface area contributed by atoms with E-state index in [0.29, 0.717) is 19.3 Å². The molecule has 0 bridgehead atoms. The summed E-state index contributed by atoms with van der Waals surface area (Å²) in [5.74, 6) is -0.905. The lowest BCUT2D eigenvalue weighted by Crippen LogP contribution is -2.30. The number of hydrogen-bond donors (Lipinski definition) is 0. The molecule has 0 heterocycles. The molecule has 454 valence electrons. The Morgan fingerprint density at radius 1 is 0.266 bits per heavy atom. The molecule has 0 aliphatic rings. The van der Waals surface area contributed by atoms with E-state index in [1.807, 2.05) is 0 Å². The average molecular weight is 1100 g/mol. The van der Waals surface area contributed by atoms with Crippen LogP contribution in [0.1, 0.15) is 329 Å². The smallest absolute Gasteiger partial charge is 0.306 e. The number of hydrogen-bond acceptors (Lipinski definition) is 6. The van der Waals surface area contributed by atoms with Crippen LogP contribution in [-0.2, 0) is 28.6 Å². The van der Waals surface area contributed by atoms with Crippen LogP contribution in [0.2, 0.25) is 0 Å². The zero-order chi connectivity index (χ0) is 57.1. The summed E-state index contributed by atoms with van der Waals surface area (Å²) in [4.78, 5) is 38.4. The summed E-state index contributed by atoms with van der Waals surface area (Å²) in [6.07, 6.45) is 89.9. The van der Waals surface area contributed by atoms with Crippen LogP contribution in [0.3, 0.4) is 0 Å². The zero-order valence-electron chi connectivity index (χ0n) is 52.1. The van der Waals surface area contributed by atoms with Gasteiger partial charge in [-0.3, -0.25) is 14.4 Å². The van der Waals surface area contributed by atoms with Crippen LogP contribution < -0.4 is 0 Å². The highest BCUT2D eigenvalue weighted by molar-refractivity contribution is 5.71. The van der Waals surface area contributed by atoms with Gasteiger partial charge in [-0.2, -0.15) is 0 Å². The molecule has 0 fully saturated rings. The van der Waals surface area contributed by atoms with Crippen molar-refractivity contribution in [3.63, 3.8) is 0 Å². The maximum atomic E-state index is 12.9. The summed E-state index contributed by atoms with van der Waals surface area (Å²) in [6.45, 7) is 6.43. The van der Waals surface area contributed by atoms with E-state index in [4.69, 9.17) is 14.2 Å². The Kier molecular flexibility index (Phi) is 63.7. The van der Waals surface area contributed by atoms with Crippen LogP contribution >= 0.6 is 0 Å². The number of ether oxygens (including phenoxy) is 3. The molecule has 79 heavy (non-hydrogen) atoms. The number of unbranched alkanes of at least 4 members (excludes halogenated alkanes) is 34. The van der Waals surface area contributed by atoms with Crippen molar-refractivity contribution >= 4 is 17.9 Å². The second-order valence-electron chi connectivity index (χ2n) is 22.3. The Bertz CT molecular complexity index is 1540. The number of carbonyl (C=O) groups excluding carboxylic acids is 3. The van der Waals surface area contributed by atoms with Crippen LogP contribution in [0, 0.1) is 0 Å². The molecule has 0 N–H and O–H groups in total. The first kappa shape index (κ1) is 75.3. The van der Waals surface area contributed by atoms with E-state index in [2.05, 4.69) is 118 Å². The summed E-state index contributed by atoms with van der Waals surface area (Å²) >= 11 is 0. The first-order valence-electron chi connectivity index (χ1n) is 33.7. The molecule has 0 saturated heterocycles. The number of rotatable bonds is 61. The number of allylic oxidation sites excluding steroid dienone is 16. The monoisotopic (exact) mass is 1100 g/mol. The van der Waals surface area contributed by atoms with Crippen molar-refractivity contribution in [3.8, 4) is 0 Å². The molecule has 1 atom stereocenters. The van der Waals surface area contributed by atoms with Crippen molar-refractivity contribution in [2.75, 3.05) is 13.2 Å². The lowest BCUT2D eigenvalue weighted by Gasteiger charge is -2.18. The third-order valence-corrected chi connectivity index (χ3v) is 14.6. The highest BCUT2D eigenvalue weighted by atomic mass is 16.6. The van der Waals surface area contributed by atoms with Crippen LogP contribution in [0.4, 0.5) is 0 Å². The Balaban J connectivity index is 4.38. The Morgan fingerprint density at radius 3 is 0.772 bits per heavy atom. The van der Waals surface area contributed by atoms with Gasteiger partial charge in [0.15, 0.2) is 6.10 Å². The van der Waals surface area contributed by atoms with E-state index in [1.54, 1.807) is 0 Å². The van der Waals surface area contributed by atoms with Gasteiger partial charge in [-0.05, 0) is 96.3 Å². The average Bonchev–Trinajstić information content (AvgIpc) is 3.45. The van der Waals surface area contributed by atoms with E-state index >= 15 is 0 Å². The molecule has 0 spiro atoms. The minimum absolute atomic E-state index is 0.0865. The topological polar surface area (TPSA) is 78.9 Å². The molecule has 0 aromatic carbocycles. The fraction of sp³-hybridized carbons (Fsp3) is 0.740. The molecule has 0 amide bonds. The van der Waals surface area contributed by atoms with Gasteiger partial charge in [0.2, 0.25) is 0 Å². The molecule has 0 rings (SSSR count). The molecule has 6 heteroatoms. The third-order valence-electron chi connectivity index (χ3n) is 14.6. The molecule has 0 aliphatic heterocycles. The number of carbonyl (C=O) groups is 3. The zero-order valence-corrected chi connectivity index (χ0v) is 52.1. The molecule has 0 aliphatic carbocycles. The predicted octanol–water partition coefficient (Wildman–Crippen LogP) is 23.2. The van der Waals surface area contributed by atoms with Crippen molar-refractivity contribution in [1.82, 2.24) is 0 Å². The molecule has 0 aromatic heterocycles. The van der Waals surface area contributed by atoms with Gasteiger partial charge in [-0.1, -0.05) is 311 Å². The van der Waals surface area contributed by atoms with Crippen LogP contribution in [-0.4, -0.2) is 37.2 Å². The lowest BCUT2D eigenvalue weighted by atomic mass is 10.0. The van der Waals surface area contributed by atoms with Crippen LogP contribution in [0.25, 0.3) is 0 Å². The second-order valence-corrected chi connectivity index (χ2v) is 22.3. The van der Waals surface area contributed by atoms with Gasteiger partial charge < -0.3 is 14.2 Å². The Hall–Kier alpha value is -3.67. The van der Waals surface area contributed by atoms with Crippen LogP contribution in [0.15, 0.2) is 97.2 Å². The summed E-state index contributed by atoms with van der Waals surface area (Å²) in [6, 6.07) is 0. The van der Waals surface area contributed by atoms with Gasteiger partial charge >= 0.3 is 17.9 Å². The minimum Gasteiger partial charge on any atom is -0.462 e. The maximum absolute atomic E-state index is 12.9. The fourth-order valence-electron chi connectivity index (χ4n) is 9.60. The van der Waals surface area contributed by atoms with Crippen molar-refractivity contribution in [2.24, 2.45) is 0 Å². The predicted molar refractivity (Wildman–Crippen MR) is 344 cm³/mol. The largest absolute Gasteiger partial charge is 0.462 e. The lowest BCUT2D eigenvalue weighted by molar-refractivity contribution is -0.167. The fourth-order valence-corrected chi connectivity index (χ4v) is 9.60. The number of esters is 3. The van der Waals surface area contributed by atoms with Gasteiger partial charge in [0.1, 0.15) is 13.2 Å². The minimum atomic E-state index is -0.794. The highest BCUT2D eigenvalue weighted by Gasteiger charge is 2.19. The third kappa shape index (κ3) is 65.0. The summed E-state index contributed by atoms with van der Waals surface area (Å²) < 4.78 is 17.0. The normalized spacial score (nSPS) is 12.7. The van der Waals surface area contributed by atoms with E-state index in [-0.39, 0.29) is 31.1 Å². The van der Waals surface area contributed by atoms with Gasteiger partial charge in [0.25, 0.3) is 0 Å². The van der Waals surface area contributed by atoms with Crippen molar-refractivity contribution in [3.05, 3.63) is 97.2 Å². The second kappa shape index (κ2) is 66.8. The molecule has 0 radical (unpaired) electrons. The molecule has 6 nitrogen and oxygen atoms in total. The van der Waals surface area contributed by atoms with Gasteiger partial charge in [0.05, 0.1) is 0 Å². The van der Waals surface area contributed by atoms with Gasteiger partial charge in [-0.15, -0.1) is 0 Å². The van der Waals surface area contributed by atoms with Gasteiger partial charge in [-0.25, -0.2) is 0 Å². The maximum Gasteiger partial charge on any atom is 0.306 e. The Labute approximate surface area is 489 Å². The van der Waals surface area contributed by atoms with E-state index in [0.717, 1.165) is 128 Å². The summed E-state index contributed by atoms with van der Waals surface area (Å²) in [7, 11) is 0. The highest BCUT2D eigenvalue weighted by Crippen LogP contribution is 2.17. The summed E-state index contributed by atoms with van der Waals surface area (Å²) in [5, 5.41) is 0. The standard InChI is InChI=1S/C73H126O6/c1-4-7-10-13-16-19-22-25-28-31-33-35-36-38-39-42-45-48-51-54-57-60-63-66-72(75)78-69-70(68-77-71(74)65-62-59-56-53-50-47-44-41-30-27-24-21-18-15-12-9-6-3)79-73(76)67-64-61-58-55-52-49-46-43-40-37-34-32-29-26-23-20-17-14-11-8-5-2/h8-9,11-12,17-18,20-21,26-27,29-30,34,37,44,47,70H,4-7,10,13-16,19,22-25,28,31-33,35-36,38-43,45-46,48-69H2,1-3H3/b11-8-,12-9-,20-17-,21-18-,29-26-,30-27-,37-34-,47-44-. The van der Waals surface area contributed by atoms with E-state index < -0.39 is 6.10 Å². The molecular formula is C73H126O6. The first-order chi connectivity index (χ1) is 39.0. The first-order valence-corrected chi connectivity index (χ1v) is 33.7.